The molecule has 1 fully saturated rings. The monoisotopic (exact) mass is 245 g/mol. The number of hydrogen-bond donors (Lipinski definition) is 1. The Morgan fingerprint density at radius 3 is 3.06 bits per heavy atom. The lowest BCUT2D eigenvalue weighted by Gasteiger charge is -2.20. The molecule has 18 heavy (non-hydrogen) atoms. The minimum absolute atomic E-state index is 0.693. The summed E-state index contributed by atoms with van der Waals surface area (Å²) < 4.78 is 5.37. The van der Waals surface area contributed by atoms with Crippen molar-refractivity contribution in [2.24, 2.45) is 0 Å². The predicted octanol–water partition coefficient (Wildman–Crippen LogP) is 1.36. The fourth-order valence-electron chi connectivity index (χ4n) is 2.27. The van der Waals surface area contributed by atoms with Crippen molar-refractivity contribution in [1.82, 2.24) is 10.2 Å². The maximum Gasteiger partial charge on any atom is 0.123 e. The second-order valence-corrected chi connectivity index (χ2v) is 4.52. The normalized spacial score (nSPS) is 16.9. The second kappa shape index (κ2) is 6.39. The van der Waals surface area contributed by atoms with Crippen molar-refractivity contribution in [3.8, 4) is 11.8 Å². The molecule has 2 rings (SSSR count). The predicted molar refractivity (Wildman–Crippen MR) is 70.5 cm³/mol. The van der Waals surface area contributed by atoms with Crippen LogP contribution in [0.5, 0.6) is 5.75 Å². The molecule has 0 bridgehead atoms. The number of nitriles is 1. The molecule has 1 aliphatic heterocycles. The Morgan fingerprint density at radius 1 is 1.39 bits per heavy atom. The molecule has 1 saturated heterocycles. The van der Waals surface area contributed by atoms with E-state index in [9.17, 15) is 0 Å². The highest BCUT2D eigenvalue weighted by atomic mass is 16.5. The van der Waals surface area contributed by atoms with Crippen LogP contribution >= 0.6 is 0 Å². The standard InChI is InChI=1S/C14H19N3O/c1-18-14-4-3-12(10-15)9-13(14)11-17-7-2-5-16-6-8-17/h3-4,9,16H,2,5-8,11H2,1H3. The molecule has 4 heteroatoms. The molecule has 96 valence electrons. The number of nitrogens with one attached hydrogen (secondary N) is 1. The average Bonchev–Trinajstić information content (AvgIpc) is 2.67. The molecule has 0 saturated carbocycles. The van der Waals surface area contributed by atoms with Gasteiger partial charge in [-0.15, -0.1) is 0 Å². The van der Waals surface area contributed by atoms with Crippen LogP contribution in [0.3, 0.4) is 0 Å². The van der Waals surface area contributed by atoms with Gasteiger partial charge in [0.1, 0.15) is 5.75 Å². The van der Waals surface area contributed by atoms with Gasteiger partial charge in [0.15, 0.2) is 0 Å². The van der Waals surface area contributed by atoms with Crippen molar-refractivity contribution < 1.29 is 4.74 Å². The topological polar surface area (TPSA) is 48.3 Å². The second-order valence-electron chi connectivity index (χ2n) is 4.52. The molecule has 1 heterocycles. The molecule has 0 radical (unpaired) electrons. The Hall–Kier alpha value is -1.57. The van der Waals surface area contributed by atoms with Gasteiger partial charge < -0.3 is 10.1 Å². The summed E-state index contributed by atoms with van der Waals surface area (Å²) in [5.41, 5.74) is 1.79. The third-order valence-electron chi connectivity index (χ3n) is 3.24. The summed E-state index contributed by atoms with van der Waals surface area (Å²) >= 11 is 0. The van der Waals surface area contributed by atoms with Gasteiger partial charge in [-0.25, -0.2) is 0 Å². The van der Waals surface area contributed by atoms with E-state index < -0.39 is 0 Å². The zero-order valence-corrected chi connectivity index (χ0v) is 10.8. The van der Waals surface area contributed by atoms with Crippen LogP contribution in [0.4, 0.5) is 0 Å². The molecular formula is C14H19N3O. The molecular weight excluding hydrogens is 226 g/mol. The maximum absolute atomic E-state index is 8.96. The first-order valence-electron chi connectivity index (χ1n) is 6.33. The molecule has 0 aliphatic carbocycles. The molecule has 0 atom stereocenters. The van der Waals surface area contributed by atoms with E-state index in [-0.39, 0.29) is 0 Å². The Bertz CT molecular complexity index is 431. The summed E-state index contributed by atoms with van der Waals surface area (Å²) in [6, 6.07) is 7.79. The number of rotatable bonds is 3. The zero-order chi connectivity index (χ0) is 12.8. The first-order valence-corrected chi connectivity index (χ1v) is 6.33. The van der Waals surface area contributed by atoms with E-state index in [0.29, 0.717) is 5.56 Å². The van der Waals surface area contributed by atoms with Gasteiger partial charge in [-0.1, -0.05) is 0 Å². The third-order valence-corrected chi connectivity index (χ3v) is 3.24. The minimum atomic E-state index is 0.693. The van der Waals surface area contributed by atoms with Crippen molar-refractivity contribution in [3.05, 3.63) is 29.3 Å². The maximum atomic E-state index is 8.96. The van der Waals surface area contributed by atoms with E-state index in [1.54, 1.807) is 13.2 Å². The smallest absolute Gasteiger partial charge is 0.123 e. The van der Waals surface area contributed by atoms with E-state index in [2.05, 4.69) is 16.3 Å². The first kappa shape index (κ1) is 12.9. The fraction of sp³-hybridized carbons (Fsp3) is 0.500. The van der Waals surface area contributed by atoms with Crippen molar-refractivity contribution in [2.45, 2.75) is 13.0 Å². The van der Waals surface area contributed by atoms with Crippen molar-refractivity contribution in [2.75, 3.05) is 33.3 Å². The molecule has 0 aromatic heterocycles. The van der Waals surface area contributed by atoms with Gasteiger partial charge in [-0.3, -0.25) is 4.90 Å². The van der Waals surface area contributed by atoms with Crippen molar-refractivity contribution in [3.63, 3.8) is 0 Å². The quantitative estimate of drug-likeness (QED) is 0.873. The fourth-order valence-corrected chi connectivity index (χ4v) is 2.27. The van der Waals surface area contributed by atoms with Crippen LogP contribution in [0.25, 0.3) is 0 Å². The molecule has 1 aromatic carbocycles. The summed E-state index contributed by atoms with van der Waals surface area (Å²) in [4.78, 5) is 2.40. The van der Waals surface area contributed by atoms with Crippen LogP contribution in [0, 0.1) is 11.3 Å². The number of ether oxygens (including phenoxy) is 1. The van der Waals surface area contributed by atoms with Crippen LogP contribution in [0.2, 0.25) is 0 Å². The summed E-state index contributed by atoms with van der Waals surface area (Å²) in [5, 5.41) is 12.4. The Morgan fingerprint density at radius 2 is 2.28 bits per heavy atom. The van der Waals surface area contributed by atoms with Gasteiger partial charge in [0.2, 0.25) is 0 Å². The van der Waals surface area contributed by atoms with E-state index in [1.807, 2.05) is 12.1 Å². The average molecular weight is 245 g/mol. The van der Waals surface area contributed by atoms with Crippen LogP contribution < -0.4 is 10.1 Å². The van der Waals surface area contributed by atoms with E-state index in [4.69, 9.17) is 10.00 Å². The Kier molecular flexibility index (Phi) is 4.57. The van der Waals surface area contributed by atoms with Gasteiger partial charge in [-0.2, -0.15) is 5.26 Å². The lowest BCUT2D eigenvalue weighted by molar-refractivity contribution is 0.278. The van der Waals surface area contributed by atoms with E-state index >= 15 is 0 Å². The van der Waals surface area contributed by atoms with Gasteiger partial charge in [0.25, 0.3) is 0 Å². The van der Waals surface area contributed by atoms with Crippen molar-refractivity contribution >= 4 is 0 Å². The Labute approximate surface area is 108 Å². The lowest BCUT2D eigenvalue weighted by Crippen LogP contribution is -2.27. The summed E-state index contributed by atoms with van der Waals surface area (Å²) in [6.07, 6.45) is 1.17. The zero-order valence-electron chi connectivity index (χ0n) is 10.8. The molecule has 1 aromatic rings. The minimum Gasteiger partial charge on any atom is -0.496 e. The highest BCUT2D eigenvalue weighted by Crippen LogP contribution is 2.21. The molecule has 0 spiro atoms. The van der Waals surface area contributed by atoms with Gasteiger partial charge in [-0.05, 0) is 37.7 Å². The van der Waals surface area contributed by atoms with Crippen LogP contribution in [0.15, 0.2) is 18.2 Å². The molecule has 0 amide bonds. The summed E-state index contributed by atoms with van der Waals surface area (Å²) in [5.74, 6) is 0.867. The number of nitrogens with zero attached hydrogens (tertiary/aromatic N) is 2. The highest BCUT2D eigenvalue weighted by Gasteiger charge is 2.12. The largest absolute Gasteiger partial charge is 0.496 e. The van der Waals surface area contributed by atoms with Crippen LogP contribution in [-0.4, -0.2) is 38.2 Å². The molecule has 4 nitrogen and oxygen atoms in total. The number of hydrogen-bond acceptors (Lipinski definition) is 4. The van der Waals surface area contributed by atoms with Gasteiger partial charge >= 0.3 is 0 Å². The Balaban J connectivity index is 2.13. The van der Waals surface area contributed by atoms with Crippen LogP contribution in [0.1, 0.15) is 17.5 Å². The molecule has 0 unspecified atom stereocenters. The first-order chi connectivity index (χ1) is 8.83. The SMILES string of the molecule is COc1ccc(C#N)cc1CN1CCCNCC1. The highest BCUT2D eigenvalue weighted by molar-refractivity contribution is 5.42. The summed E-state index contributed by atoms with van der Waals surface area (Å²) in [7, 11) is 1.68. The number of benzene rings is 1. The van der Waals surface area contributed by atoms with Crippen LogP contribution in [-0.2, 0) is 6.54 Å². The van der Waals surface area contributed by atoms with Gasteiger partial charge in [0.05, 0.1) is 18.7 Å². The summed E-state index contributed by atoms with van der Waals surface area (Å²) in [6.45, 7) is 5.10. The van der Waals surface area contributed by atoms with E-state index in [0.717, 1.165) is 44.0 Å². The molecule has 1 aliphatic rings. The molecule has 1 N–H and O–H groups in total. The lowest BCUT2D eigenvalue weighted by atomic mass is 10.1. The number of methoxy groups -OCH3 is 1. The van der Waals surface area contributed by atoms with Crippen molar-refractivity contribution in [1.29, 1.82) is 5.26 Å². The third kappa shape index (κ3) is 3.22. The van der Waals surface area contributed by atoms with E-state index in [1.165, 1.54) is 6.42 Å². The van der Waals surface area contributed by atoms with Gasteiger partial charge in [0, 0.05) is 25.2 Å².